The fraction of sp³-hybridized carbons (Fsp3) is 0.211. The number of fused-ring (bicyclic) bond motifs is 1. The molecule has 0 atom stereocenters. The van der Waals surface area contributed by atoms with Crippen LogP contribution in [0.5, 0.6) is 0 Å². The van der Waals surface area contributed by atoms with Gasteiger partial charge in [-0.15, -0.1) is 11.3 Å². The third-order valence-corrected chi connectivity index (χ3v) is 4.93. The number of thiophene rings is 1. The van der Waals surface area contributed by atoms with Gasteiger partial charge in [-0.1, -0.05) is 12.1 Å². The molecule has 1 aromatic heterocycles. The van der Waals surface area contributed by atoms with Gasteiger partial charge in [0.2, 0.25) is 0 Å². The summed E-state index contributed by atoms with van der Waals surface area (Å²) in [6, 6.07) is 10.7. The van der Waals surface area contributed by atoms with E-state index >= 15 is 0 Å². The molecule has 0 unspecified atom stereocenters. The highest BCUT2D eigenvalue weighted by Crippen LogP contribution is 2.34. The molecular weight excluding hydrogens is 325 g/mol. The van der Waals surface area contributed by atoms with Gasteiger partial charge in [-0.25, -0.2) is 4.39 Å². The molecule has 2 aromatic carbocycles. The SMILES string of the molecule is COCc1c(C(=O)Nc2cc(C)cc(C)c2)sc2cccc(F)c12. The zero-order valence-corrected chi connectivity index (χ0v) is 14.6. The highest BCUT2D eigenvalue weighted by Gasteiger charge is 2.20. The molecule has 0 aliphatic carbocycles. The molecule has 0 radical (unpaired) electrons. The van der Waals surface area contributed by atoms with Crippen molar-refractivity contribution < 1.29 is 13.9 Å². The van der Waals surface area contributed by atoms with E-state index in [0.29, 0.717) is 15.8 Å². The average Bonchev–Trinajstić information content (AvgIpc) is 2.87. The standard InChI is InChI=1S/C19H18FNO2S/c1-11-7-12(2)9-13(8-11)21-19(22)18-14(10-23-3)17-15(20)5-4-6-16(17)24-18/h4-9H,10H2,1-3H3,(H,21,22). The van der Waals surface area contributed by atoms with E-state index in [0.717, 1.165) is 21.5 Å². The lowest BCUT2D eigenvalue weighted by atomic mass is 10.1. The second-order valence-corrected chi connectivity index (χ2v) is 6.84. The fourth-order valence-electron chi connectivity index (χ4n) is 2.87. The maximum Gasteiger partial charge on any atom is 0.266 e. The summed E-state index contributed by atoms with van der Waals surface area (Å²) in [6.07, 6.45) is 0. The molecule has 0 saturated carbocycles. The van der Waals surface area contributed by atoms with E-state index in [1.165, 1.54) is 24.5 Å². The summed E-state index contributed by atoms with van der Waals surface area (Å²) in [4.78, 5) is 13.2. The zero-order valence-electron chi connectivity index (χ0n) is 13.8. The molecule has 0 bridgehead atoms. The number of ether oxygens (including phenoxy) is 1. The molecule has 1 heterocycles. The van der Waals surface area contributed by atoms with Gasteiger partial charge in [-0.3, -0.25) is 4.79 Å². The summed E-state index contributed by atoms with van der Waals surface area (Å²) < 4.78 is 20.1. The van der Waals surface area contributed by atoms with Gasteiger partial charge in [-0.2, -0.15) is 0 Å². The number of amides is 1. The maximum atomic E-state index is 14.2. The minimum absolute atomic E-state index is 0.191. The molecule has 0 saturated heterocycles. The number of carbonyl (C=O) groups excluding carboxylic acids is 1. The van der Waals surface area contributed by atoms with Crippen LogP contribution in [0.4, 0.5) is 10.1 Å². The van der Waals surface area contributed by atoms with Crippen LogP contribution in [0.25, 0.3) is 10.1 Å². The number of hydrogen-bond acceptors (Lipinski definition) is 3. The Bertz CT molecular complexity index is 897. The number of anilines is 1. The predicted molar refractivity (Wildman–Crippen MR) is 96.4 cm³/mol. The molecule has 1 amide bonds. The van der Waals surface area contributed by atoms with E-state index in [9.17, 15) is 9.18 Å². The zero-order chi connectivity index (χ0) is 17.3. The van der Waals surface area contributed by atoms with Crippen LogP contribution >= 0.6 is 11.3 Å². The third-order valence-electron chi connectivity index (χ3n) is 3.74. The highest BCUT2D eigenvalue weighted by atomic mass is 32.1. The first-order chi connectivity index (χ1) is 11.5. The number of hydrogen-bond donors (Lipinski definition) is 1. The lowest BCUT2D eigenvalue weighted by Crippen LogP contribution is -2.12. The maximum absolute atomic E-state index is 14.2. The summed E-state index contributed by atoms with van der Waals surface area (Å²) in [6.45, 7) is 4.15. The smallest absolute Gasteiger partial charge is 0.266 e. The predicted octanol–water partition coefficient (Wildman–Crippen LogP) is 5.06. The van der Waals surface area contributed by atoms with Gasteiger partial charge >= 0.3 is 0 Å². The molecule has 0 spiro atoms. The van der Waals surface area contributed by atoms with Gasteiger partial charge in [0.1, 0.15) is 5.82 Å². The van der Waals surface area contributed by atoms with Crippen molar-refractivity contribution in [2.45, 2.75) is 20.5 Å². The number of rotatable bonds is 4. The molecule has 0 aliphatic heterocycles. The molecular formula is C19H18FNO2S. The Labute approximate surface area is 144 Å². The molecule has 3 nitrogen and oxygen atoms in total. The minimum atomic E-state index is -0.332. The third kappa shape index (κ3) is 3.18. The van der Waals surface area contributed by atoms with E-state index in [-0.39, 0.29) is 18.3 Å². The highest BCUT2D eigenvalue weighted by molar-refractivity contribution is 7.21. The van der Waals surface area contributed by atoms with Crippen LogP contribution in [-0.4, -0.2) is 13.0 Å². The van der Waals surface area contributed by atoms with Crippen LogP contribution in [0.2, 0.25) is 0 Å². The van der Waals surface area contributed by atoms with Crippen molar-refractivity contribution in [1.29, 1.82) is 0 Å². The number of carbonyl (C=O) groups is 1. The molecule has 24 heavy (non-hydrogen) atoms. The van der Waals surface area contributed by atoms with Crippen molar-refractivity contribution in [2.24, 2.45) is 0 Å². The van der Waals surface area contributed by atoms with Crippen LogP contribution in [-0.2, 0) is 11.3 Å². The molecule has 124 valence electrons. The minimum Gasteiger partial charge on any atom is -0.380 e. The van der Waals surface area contributed by atoms with Gasteiger partial charge in [0, 0.05) is 28.4 Å². The van der Waals surface area contributed by atoms with E-state index in [4.69, 9.17) is 4.74 Å². The van der Waals surface area contributed by atoms with Gasteiger partial charge < -0.3 is 10.1 Å². The average molecular weight is 343 g/mol. The number of benzene rings is 2. The van der Waals surface area contributed by atoms with E-state index in [1.54, 1.807) is 6.07 Å². The van der Waals surface area contributed by atoms with Crippen LogP contribution in [0.3, 0.4) is 0 Å². The lowest BCUT2D eigenvalue weighted by Gasteiger charge is -2.08. The summed E-state index contributed by atoms with van der Waals surface area (Å²) >= 11 is 1.28. The molecule has 0 fully saturated rings. The Hall–Kier alpha value is -2.24. The Kier molecular flexibility index (Phi) is 4.64. The van der Waals surface area contributed by atoms with Crippen LogP contribution in [0.15, 0.2) is 36.4 Å². The van der Waals surface area contributed by atoms with Gasteiger partial charge in [-0.05, 0) is 49.2 Å². The van der Waals surface area contributed by atoms with E-state index in [1.807, 2.05) is 38.1 Å². The van der Waals surface area contributed by atoms with Crippen molar-refractivity contribution in [3.63, 3.8) is 0 Å². The summed E-state index contributed by atoms with van der Waals surface area (Å²) in [5.74, 6) is -0.575. The summed E-state index contributed by atoms with van der Waals surface area (Å²) in [7, 11) is 1.54. The van der Waals surface area contributed by atoms with Crippen molar-refractivity contribution in [3.05, 3.63) is 63.8 Å². The second-order valence-electron chi connectivity index (χ2n) is 5.79. The van der Waals surface area contributed by atoms with Crippen molar-refractivity contribution >= 4 is 33.0 Å². The van der Waals surface area contributed by atoms with E-state index in [2.05, 4.69) is 5.32 Å². The first kappa shape index (κ1) is 16.6. The van der Waals surface area contributed by atoms with Crippen molar-refractivity contribution in [3.8, 4) is 0 Å². The van der Waals surface area contributed by atoms with E-state index < -0.39 is 0 Å². The first-order valence-corrected chi connectivity index (χ1v) is 8.39. The number of nitrogens with one attached hydrogen (secondary N) is 1. The van der Waals surface area contributed by atoms with Crippen LogP contribution in [0.1, 0.15) is 26.4 Å². The summed E-state index contributed by atoms with van der Waals surface area (Å²) in [5.41, 5.74) is 3.48. The normalized spacial score (nSPS) is 11.0. The summed E-state index contributed by atoms with van der Waals surface area (Å²) in [5, 5.41) is 3.38. The van der Waals surface area contributed by atoms with Crippen molar-refractivity contribution in [1.82, 2.24) is 0 Å². The first-order valence-electron chi connectivity index (χ1n) is 7.58. The second kappa shape index (κ2) is 6.71. The topological polar surface area (TPSA) is 38.3 Å². The fourth-order valence-corrected chi connectivity index (χ4v) is 3.98. The quantitative estimate of drug-likeness (QED) is 0.719. The van der Waals surface area contributed by atoms with Crippen LogP contribution < -0.4 is 5.32 Å². The Morgan fingerprint density at radius 2 is 1.92 bits per heavy atom. The number of halogens is 1. The van der Waals surface area contributed by atoms with Gasteiger partial charge in [0.05, 0.1) is 11.5 Å². The van der Waals surface area contributed by atoms with Gasteiger partial charge in [0.15, 0.2) is 0 Å². The number of aryl methyl sites for hydroxylation is 2. The lowest BCUT2D eigenvalue weighted by molar-refractivity contribution is 0.102. The number of methoxy groups -OCH3 is 1. The Balaban J connectivity index is 2.03. The molecule has 3 rings (SSSR count). The van der Waals surface area contributed by atoms with Crippen molar-refractivity contribution in [2.75, 3.05) is 12.4 Å². The molecule has 0 aliphatic rings. The van der Waals surface area contributed by atoms with Crippen LogP contribution in [0, 0.1) is 19.7 Å². The van der Waals surface area contributed by atoms with Gasteiger partial charge in [0.25, 0.3) is 5.91 Å². The molecule has 5 heteroatoms. The largest absolute Gasteiger partial charge is 0.380 e. The monoisotopic (exact) mass is 343 g/mol. The molecule has 3 aromatic rings. The Morgan fingerprint density at radius 3 is 2.58 bits per heavy atom. The Morgan fingerprint density at radius 1 is 1.21 bits per heavy atom. The molecule has 1 N–H and O–H groups in total.